The molecule has 0 atom stereocenters. The molecule has 0 bridgehead atoms. The zero-order valence-electron chi connectivity index (χ0n) is 9.96. The van der Waals surface area contributed by atoms with E-state index in [0.29, 0.717) is 11.7 Å². The summed E-state index contributed by atoms with van der Waals surface area (Å²) in [5.41, 5.74) is 6.78. The quantitative estimate of drug-likeness (QED) is 0.797. The first-order valence-electron chi connectivity index (χ1n) is 5.44. The highest BCUT2D eigenvalue weighted by Crippen LogP contribution is 2.20. The first-order valence-corrected chi connectivity index (χ1v) is 5.44. The molecule has 1 rings (SSSR count). The molecule has 0 aliphatic heterocycles. The van der Waals surface area contributed by atoms with Crippen LogP contribution in [0.1, 0.15) is 44.5 Å². The lowest BCUT2D eigenvalue weighted by Crippen LogP contribution is -2.10. The molecule has 1 aromatic rings. The Hall–Kier alpha value is -1.32. The van der Waals surface area contributed by atoms with E-state index in [9.17, 15) is 0 Å². The smallest absolute Gasteiger partial charge is 0.135 e. The van der Waals surface area contributed by atoms with Gasteiger partial charge in [0, 0.05) is 18.0 Å². The number of hydrogen-bond acceptors (Lipinski definition) is 4. The fourth-order valence-corrected chi connectivity index (χ4v) is 1.23. The molecule has 0 saturated heterocycles. The van der Waals surface area contributed by atoms with E-state index < -0.39 is 0 Å². The molecule has 0 fully saturated rings. The molecule has 1 aromatic heterocycles. The summed E-state index contributed by atoms with van der Waals surface area (Å²) in [6.45, 7) is 9.10. The van der Waals surface area contributed by atoms with Gasteiger partial charge in [-0.3, -0.25) is 0 Å². The predicted molar refractivity (Wildman–Crippen MR) is 64.1 cm³/mol. The highest BCUT2D eigenvalue weighted by molar-refractivity contribution is 5.54. The van der Waals surface area contributed by atoms with Crippen LogP contribution < -0.4 is 11.1 Å². The van der Waals surface area contributed by atoms with Crippen molar-refractivity contribution >= 4 is 11.6 Å². The molecule has 84 valence electrons. The molecule has 3 N–H and O–H groups in total. The van der Waals surface area contributed by atoms with Gasteiger partial charge in [0.2, 0.25) is 0 Å². The van der Waals surface area contributed by atoms with E-state index in [1.807, 2.05) is 6.92 Å². The number of nitrogen functional groups attached to an aromatic ring is 1. The third-order valence-electron chi connectivity index (χ3n) is 2.26. The van der Waals surface area contributed by atoms with Gasteiger partial charge in [0.1, 0.15) is 17.5 Å². The standard InChI is InChI=1S/C11H20N4/c1-5-6-13-11-8(4)9(12)14-10(15-11)7(2)3/h7H,5-6H2,1-4H3,(H3,12,13,14,15). The fourth-order valence-electron chi connectivity index (χ4n) is 1.23. The normalized spacial score (nSPS) is 10.7. The van der Waals surface area contributed by atoms with Crippen LogP contribution in [0, 0.1) is 6.92 Å². The lowest BCUT2D eigenvalue weighted by Gasteiger charge is -2.12. The Morgan fingerprint density at radius 1 is 1.33 bits per heavy atom. The summed E-state index contributed by atoms with van der Waals surface area (Å²) < 4.78 is 0. The maximum absolute atomic E-state index is 5.84. The predicted octanol–water partition coefficient (Wildman–Crippen LogP) is 2.31. The Labute approximate surface area is 91.3 Å². The van der Waals surface area contributed by atoms with Crippen molar-refractivity contribution in [2.24, 2.45) is 0 Å². The van der Waals surface area contributed by atoms with Crippen LogP contribution in [0.3, 0.4) is 0 Å². The Morgan fingerprint density at radius 3 is 2.53 bits per heavy atom. The second-order valence-corrected chi connectivity index (χ2v) is 4.02. The minimum atomic E-state index is 0.301. The summed E-state index contributed by atoms with van der Waals surface area (Å²) in [5.74, 6) is 2.55. The number of nitrogens with zero attached hydrogens (tertiary/aromatic N) is 2. The van der Waals surface area contributed by atoms with Crippen molar-refractivity contribution in [1.29, 1.82) is 0 Å². The highest BCUT2D eigenvalue weighted by atomic mass is 15.1. The monoisotopic (exact) mass is 208 g/mol. The van der Waals surface area contributed by atoms with E-state index in [-0.39, 0.29) is 0 Å². The Morgan fingerprint density at radius 2 is 2.00 bits per heavy atom. The number of nitrogens with one attached hydrogen (secondary N) is 1. The third-order valence-corrected chi connectivity index (χ3v) is 2.26. The largest absolute Gasteiger partial charge is 0.383 e. The average molecular weight is 208 g/mol. The van der Waals surface area contributed by atoms with Crippen LogP contribution in [-0.2, 0) is 0 Å². The van der Waals surface area contributed by atoms with Gasteiger partial charge >= 0.3 is 0 Å². The fraction of sp³-hybridized carbons (Fsp3) is 0.636. The van der Waals surface area contributed by atoms with Crippen LogP contribution in [0.2, 0.25) is 0 Å². The molecule has 0 radical (unpaired) electrons. The lowest BCUT2D eigenvalue weighted by molar-refractivity contribution is 0.773. The molecular weight excluding hydrogens is 188 g/mol. The molecule has 0 aromatic carbocycles. The van der Waals surface area contributed by atoms with Gasteiger partial charge < -0.3 is 11.1 Å². The first kappa shape index (κ1) is 11.8. The molecule has 1 heterocycles. The molecule has 0 saturated carbocycles. The molecule has 15 heavy (non-hydrogen) atoms. The molecule has 0 aliphatic rings. The topological polar surface area (TPSA) is 63.8 Å². The zero-order chi connectivity index (χ0) is 11.4. The van der Waals surface area contributed by atoms with Crippen molar-refractivity contribution < 1.29 is 0 Å². The molecule has 0 unspecified atom stereocenters. The molecule has 0 spiro atoms. The molecule has 0 aliphatic carbocycles. The summed E-state index contributed by atoms with van der Waals surface area (Å²) in [6.07, 6.45) is 1.07. The maximum Gasteiger partial charge on any atom is 0.135 e. The van der Waals surface area contributed by atoms with Crippen LogP contribution in [0.25, 0.3) is 0 Å². The summed E-state index contributed by atoms with van der Waals surface area (Å²) in [4.78, 5) is 8.74. The van der Waals surface area contributed by atoms with Gasteiger partial charge in [-0.05, 0) is 13.3 Å². The Balaban J connectivity index is 3.02. The van der Waals surface area contributed by atoms with Gasteiger partial charge in [-0.2, -0.15) is 0 Å². The highest BCUT2D eigenvalue weighted by Gasteiger charge is 2.10. The van der Waals surface area contributed by atoms with Crippen molar-refractivity contribution in [3.63, 3.8) is 0 Å². The molecule has 4 heteroatoms. The lowest BCUT2D eigenvalue weighted by atomic mass is 10.2. The second kappa shape index (κ2) is 4.96. The van der Waals surface area contributed by atoms with E-state index in [0.717, 1.165) is 30.2 Å². The minimum absolute atomic E-state index is 0.301. The van der Waals surface area contributed by atoms with Gasteiger partial charge in [-0.15, -0.1) is 0 Å². The molecule has 4 nitrogen and oxygen atoms in total. The number of rotatable bonds is 4. The summed E-state index contributed by atoms with van der Waals surface area (Å²) in [6, 6.07) is 0. The number of nitrogens with two attached hydrogens (primary N) is 1. The number of aromatic nitrogens is 2. The van der Waals surface area contributed by atoms with Crippen molar-refractivity contribution in [3.8, 4) is 0 Å². The summed E-state index contributed by atoms with van der Waals surface area (Å²) in [7, 11) is 0. The molecule has 0 amide bonds. The average Bonchev–Trinajstić information content (AvgIpc) is 2.19. The van der Waals surface area contributed by atoms with Crippen molar-refractivity contribution in [3.05, 3.63) is 11.4 Å². The van der Waals surface area contributed by atoms with Gasteiger partial charge in [0.25, 0.3) is 0 Å². The Bertz CT molecular complexity index is 334. The molecular formula is C11H20N4. The minimum Gasteiger partial charge on any atom is -0.383 e. The van der Waals surface area contributed by atoms with E-state index in [1.54, 1.807) is 0 Å². The van der Waals surface area contributed by atoms with Crippen LogP contribution >= 0.6 is 0 Å². The van der Waals surface area contributed by atoms with Crippen LogP contribution in [-0.4, -0.2) is 16.5 Å². The van der Waals surface area contributed by atoms with Crippen molar-refractivity contribution in [1.82, 2.24) is 9.97 Å². The summed E-state index contributed by atoms with van der Waals surface area (Å²) >= 11 is 0. The van der Waals surface area contributed by atoms with Crippen LogP contribution in [0.15, 0.2) is 0 Å². The third kappa shape index (κ3) is 2.81. The van der Waals surface area contributed by atoms with Crippen LogP contribution in [0.5, 0.6) is 0 Å². The maximum atomic E-state index is 5.84. The van der Waals surface area contributed by atoms with Gasteiger partial charge in [0.05, 0.1) is 0 Å². The van der Waals surface area contributed by atoms with E-state index in [1.165, 1.54) is 0 Å². The zero-order valence-corrected chi connectivity index (χ0v) is 9.96. The van der Waals surface area contributed by atoms with Gasteiger partial charge in [-0.1, -0.05) is 20.8 Å². The van der Waals surface area contributed by atoms with Crippen molar-refractivity contribution in [2.45, 2.75) is 40.0 Å². The van der Waals surface area contributed by atoms with Crippen molar-refractivity contribution in [2.75, 3.05) is 17.6 Å². The summed E-state index contributed by atoms with van der Waals surface area (Å²) in [5, 5.41) is 3.27. The first-order chi connectivity index (χ1) is 7.06. The van der Waals surface area contributed by atoms with Crippen LogP contribution in [0.4, 0.5) is 11.6 Å². The van der Waals surface area contributed by atoms with E-state index in [2.05, 4.69) is 36.1 Å². The second-order valence-electron chi connectivity index (χ2n) is 4.02. The van der Waals surface area contributed by atoms with Gasteiger partial charge in [-0.25, -0.2) is 9.97 Å². The number of hydrogen-bond donors (Lipinski definition) is 2. The SMILES string of the molecule is CCCNc1nc(C(C)C)nc(N)c1C. The Kier molecular flexibility index (Phi) is 3.88. The van der Waals surface area contributed by atoms with E-state index in [4.69, 9.17) is 5.73 Å². The number of anilines is 2. The van der Waals surface area contributed by atoms with Gasteiger partial charge in [0.15, 0.2) is 0 Å². The van der Waals surface area contributed by atoms with E-state index >= 15 is 0 Å².